The predicted octanol–water partition coefficient (Wildman–Crippen LogP) is 0.729. The molecular weight excluding hydrogens is 298 g/mol. The number of rotatable bonds is 3. The fourth-order valence-corrected chi connectivity index (χ4v) is 2.17. The summed E-state index contributed by atoms with van der Waals surface area (Å²) in [6.45, 7) is 2.41. The first-order valence-corrected chi connectivity index (χ1v) is 6.88. The Labute approximate surface area is 131 Å². The molecule has 0 aliphatic heterocycles. The Bertz CT molecular complexity index is 893. The number of aromatic amines is 1. The molecule has 0 aliphatic carbocycles. The van der Waals surface area contributed by atoms with Crippen LogP contribution in [0, 0.1) is 0 Å². The molecule has 1 aromatic carbocycles. The van der Waals surface area contributed by atoms with Crippen molar-refractivity contribution in [3.63, 3.8) is 0 Å². The maximum Gasteiger partial charge on any atom is 0.373 e. The molecule has 0 amide bonds. The van der Waals surface area contributed by atoms with Crippen molar-refractivity contribution in [2.75, 3.05) is 5.73 Å². The van der Waals surface area contributed by atoms with E-state index >= 15 is 0 Å². The minimum absolute atomic E-state index is 0.224. The van der Waals surface area contributed by atoms with E-state index < -0.39 is 0 Å². The molecule has 2 heterocycles. The van der Waals surface area contributed by atoms with E-state index in [0.29, 0.717) is 35.8 Å². The summed E-state index contributed by atoms with van der Waals surface area (Å²) in [4.78, 5) is 39.6. The second-order valence-corrected chi connectivity index (χ2v) is 4.66. The summed E-state index contributed by atoms with van der Waals surface area (Å²) in [5.74, 6) is 0.951. The number of imidazole rings is 1. The van der Waals surface area contributed by atoms with Crippen LogP contribution in [0.2, 0.25) is 0 Å². The molecule has 0 atom stereocenters. The minimum atomic E-state index is -0.224. The molecule has 3 aromatic rings. The third-order valence-electron chi connectivity index (χ3n) is 3.20. The van der Waals surface area contributed by atoms with Crippen LogP contribution in [-0.2, 0) is 22.6 Å². The van der Waals surface area contributed by atoms with Gasteiger partial charge >= 0.3 is 11.8 Å². The summed E-state index contributed by atoms with van der Waals surface area (Å²) in [5.41, 5.74) is 7.74. The summed E-state index contributed by atoms with van der Waals surface area (Å²) in [5, 5.41) is 0. The smallest absolute Gasteiger partial charge is 0.373 e. The quantitative estimate of drug-likeness (QED) is 0.734. The molecule has 0 aliphatic rings. The lowest BCUT2D eigenvalue weighted by molar-refractivity contribution is -0.191. The highest BCUT2D eigenvalue weighted by Crippen LogP contribution is 2.15. The van der Waals surface area contributed by atoms with Crippen molar-refractivity contribution in [1.29, 1.82) is 0 Å². The average molecular weight is 313 g/mol. The number of benzene rings is 1. The fraction of sp³-hybridized carbons (Fsp3) is 0.200. The normalized spacial score (nSPS) is 9.96. The number of fused-ring (bicyclic) bond motifs is 1. The van der Waals surface area contributed by atoms with Gasteiger partial charge in [0.15, 0.2) is 11.5 Å². The lowest BCUT2D eigenvalue weighted by atomic mass is 10.2. The summed E-state index contributed by atoms with van der Waals surface area (Å²) >= 11 is 0. The van der Waals surface area contributed by atoms with E-state index in [1.54, 1.807) is 4.57 Å². The van der Waals surface area contributed by atoms with Gasteiger partial charge in [0.1, 0.15) is 11.3 Å². The van der Waals surface area contributed by atoms with E-state index in [4.69, 9.17) is 15.3 Å². The number of carbonyl (C=O) groups excluding carboxylic acids is 2. The Kier molecular flexibility index (Phi) is 5.01. The highest BCUT2D eigenvalue weighted by Gasteiger charge is 2.13. The highest BCUT2D eigenvalue weighted by atomic mass is 16.2. The molecule has 0 saturated heterocycles. The van der Waals surface area contributed by atoms with E-state index in [1.165, 1.54) is 0 Å². The number of nitrogen functional groups attached to an aromatic ring is 1. The number of aryl methyl sites for hydroxylation is 1. The fourth-order valence-electron chi connectivity index (χ4n) is 2.17. The van der Waals surface area contributed by atoms with Crippen LogP contribution in [0.15, 0.2) is 35.1 Å². The van der Waals surface area contributed by atoms with Crippen molar-refractivity contribution in [1.82, 2.24) is 19.5 Å². The van der Waals surface area contributed by atoms with Crippen LogP contribution in [0.25, 0.3) is 11.2 Å². The predicted molar refractivity (Wildman–Crippen MR) is 82.5 cm³/mol. The van der Waals surface area contributed by atoms with Crippen molar-refractivity contribution >= 4 is 23.1 Å². The third-order valence-corrected chi connectivity index (χ3v) is 3.20. The molecular formula is C15H15N5O3. The standard InChI is InChI=1S/C14H15N5O.CO2/c1-2-10-16-12(15)11-13(17-10)19(14(20)18-11)8-9-6-4-3-5-7-9;2-1-3/h3-7H,2,8H2,1H3,(H,18,20)(H2,15,16,17);. The number of nitrogens with two attached hydrogens (primary N) is 1. The van der Waals surface area contributed by atoms with Crippen molar-refractivity contribution < 1.29 is 9.59 Å². The SMILES string of the molecule is CCc1nc(N)c2[nH]c(=O)n(Cc3ccccc3)c2n1.O=C=O. The van der Waals surface area contributed by atoms with Gasteiger partial charge in [-0.15, -0.1) is 0 Å². The van der Waals surface area contributed by atoms with E-state index in [1.807, 2.05) is 37.3 Å². The van der Waals surface area contributed by atoms with Crippen LogP contribution in [0.3, 0.4) is 0 Å². The maximum absolute atomic E-state index is 12.1. The maximum atomic E-state index is 12.1. The first-order valence-electron chi connectivity index (χ1n) is 6.88. The Morgan fingerprint density at radius 3 is 2.48 bits per heavy atom. The highest BCUT2D eigenvalue weighted by molar-refractivity contribution is 5.81. The number of nitrogens with zero attached hydrogens (tertiary/aromatic N) is 3. The van der Waals surface area contributed by atoms with Gasteiger partial charge in [0.2, 0.25) is 0 Å². The number of H-pyrrole nitrogens is 1. The van der Waals surface area contributed by atoms with Gasteiger partial charge in [-0.3, -0.25) is 4.57 Å². The van der Waals surface area contributed by atoms with Crippen LogP contribution in [0.5, 0.6) is 0 Å². The zero-order chi connectivity index (χ0) is 16.8. The number of aromatic nitrogens is 4. The second-order valence-electron chi connectivity index (χ2n) is 4.66. The number of nitrogens with one attached hydrogen (secondary N) is 1. The van der Waals surface area contributed by atoms with Crippen LogP contribution in [0.1, 0.15) is 18.3 Å². The molecule has 0 spiro atoms. The van der Waals surface area contributed by atoms with Gasteiger partial charge in [0.25, 0.3) is 0 Å². The van der Waals surface area contributed by atoms with Crippen LogP contribution in [-0.4, -0.2) is 25.7 Å². The Morgan fingerprint density at radius 2 is 1.87 bits per heavy atom. The van der Waals surface area contributed by atoms with Gasteiger partial charge in [0.05, 0.1) is 6.54 Å². The van der Waals surface area contributed by atoms with Gasteiger partial charge in [-0.1, -0.05) is 37.3 Å². The summed E-state index contributed by atoms with van der Waals surface area (Å²) in [7, 11) is 0. The van der Waals surface area contributed by atoms with Crippen molar-refractivity contribution in [3.05, 3.63) is 52.2 Å². The lowest BCUT2D eigenvalue weighted by Gasteiger charge is -2.04. The minimum Gasteiger partial charge on any atom is -0.382 e. The molecule has 0 bridgehead atoms. The Morgan fingerprint density at radius 1 is 1.22 bits per heavy atom. The van der Waals surface area contributed by atoms with E-state index in [0.717, 1.165) is 5.56 Å². The number of hydrogen-bond acceptors (Lipinski definition) is 6. The summed E-state index contributed by atoms with van der Waals surface area (Å²) < 4.78 is 1.59. The van der Waals surface area contributed by atoms with Crippen molar-refractivity contribution in [3.8, 4) is 0 Å². The molecule has 3 N–H and O–H groups in total. The molecule has 0 radical (unpaired) electrons. The largest absolute Gasteiger partial charge is 0.382 e. The molecule has 0 fully saturated rings. The summed E-state index contributed by atoms with van der Waals surface area (Å²) in [6, 6.07) is 9.76. The number of anilines is 1. The zero-order valence-corrected chi connectivity index (χ0v) is 12.4. The van der Waals surface area contributed by atoms with Crippen LogP contribution in [0.4, 0.5) is 5.82 Å². The average Bonchev–Trinajstić information content (AvgIpc) is 2.86. The molecule has 118 valence electrons. The molecule has 3 rings (SSSR count). The summed E-state index contributed by atoms with van der Waals surface area (Å²) in [6.07, 6.45) is 0.921. The lowest BCUT2D eigenvalue weighted by Crippen LogP contribution is -2.17. The third kappa shape index (κ3) is 3.50. The van der Waals surface area contributed by atoms with Crippen LogP contribution >= 0.6 is 0 Å². The topological polar surface area (TPSA) is 124 Å². The van der Waals surface area contributed by atoms with Crippen molar-refractivity contribution in [2.45, 2.75) is 19.9 Å². The van der Waals surface area contributed by atoms with E-state index in [2.05, 4.69) is 15.0 Å². The van der Waals surface area contributed by atoms with Gasteiger partial charge in [-0.05, 0) is 5.56 Å². The Balaban J connectivity index is 0.000000595. The molecule has 8 nitrogen and oxygen atoms in total. The molecule has 2 aromatic heterocycles. The first kappa shape index (κ1) is 16.1. The first-order chi connectivity index (χ1) is 11.1. The van der Waals surface area contributed by atoms with Gasteiger partial charge in [-0.2, -0.15) is 9.59 Å². The van der Waals surface area contributed by atoms with Crippen LogP contribution < -0.4 is 11.4 Å². The monoisotopic (exact) mass is 313 g/mol. The zero-order valence-electron chi connectivity index (χ0n) is 12.4. The van der Waals surface area contributed by atoms with Gasteiger partial charge in [-0.25, -0.2) is 14.8 Å². The molecule has 23 heavy (non-hydrogen) atoms. The van der Waals surface area contributed by atoms with Gasteiger partial charge in [0, 0.05) is 6.42 Å². The van der Waals surface area contributed by atoms with E-state index in [9.17, 15) is 4.79 Å². The van der Waals surface area contributed by atoms with Gasteiger partial charge < -0.3 is 10.7 Å². The Hall–Kier alpha value is -3.25. The van der Waals surface area contributed by atoms with E-state index in [-0.39, 0.29) is 11.8 Å². The molecule has 8 heteroatoms. The second kappa shape index (κ2) is 7.15. The van der Waals surface area contributed by atoms with Crippen molar-refractivity contribution in [2.24, 2.45) is 0 Å². The number of hydrogen-bond donors (Lipinski definition) is 2. The molecule has 0 saturated carbocycles. The molecule has 0 unspecified atom stereocenters.